The minimum absolute atomic E-state index is 0.0621. The summed E-state index contributed by atoms with van der Waals surface area (Å²) in [5.74, 6) is -0.711. The number of hydrogen-bond donors (Lipinski definition) is 2. The van der Waals surface area contributed by atoms with Crippen molar-refractivity contribution >= 4 is 20.2 Å². The molecule has 0 spiro atoms. The first kappa shape index (κ1) is 16.2. The summed E-state index contributed by atoms with van der Waals surface area (Å²) in [5.41, 5.74) is 0. The Balaban J connectivity index is 2.69. The highest BCUT2D eigenvalue weighted by molar-refractivity contribution is 6.72. The fourth-order valence-corrected chi connectivity index (χ4v) is 3.21. The van der Waals surface area contributed by atoms with Crippen molar-refractivity contribution in [1.29, 1.82) is 0 Å². The first-order valence-electron chi connectivity index (χ1n) is 6.65. The van der Waals surface area contributed by atoms with Crippen molar-refractivity contribution in [2.75, 3.05) is 0 Å². The molecule has 1 heterocycles. The number of rotatable bonds is 5. The van der Waals surface area contributed by atoms with Crippen molar-refractivity contribution in [1.82, 2.24) is 5.32 Å². The standard InChI is InChI=1S/C13H25NO4Si/c1-8(7-13(3,4)19(5,6)17)10-11(16)14-12(10)18-9(2)15/h8,10,12,17H,7H2,1-6H3,(H,14,16)/t8-,10?,12?/m0/s1. The molecule has 1 fully saturated rings. The lowest BCUT2D eigenvalue weighted by atomic mass is 9.80. The third kappa shape index (κ3) is 3.57. The summed E-state index contributed by atoms with van der Waals surface area (Å²) in [6, 6.07) is 0. The minimum Gasteiger partial charge on any atom is -0.441 e. The molecule has 0 radical (unpaired) electrons. The van der Waals surface area contributed by atoms with Crippen LogP contribution in [0.2, 0.25) is 18.1 Å². The molecule has 2 N–H and O–H groups in total. The molecule has 2 unspecified atom stereocenters. The van der Waals surface area contributed by atoms with Gasteiger partial charge in [0.15, 0.2) is 14.5 Å². The van der Waals surface area contributed by atoms with Crippen molar-refractivity contribution in [3.8, 4) is 0 Å². The average molecular weight is 287 g/mol. The normalized spacial score (nSPS) is 25.3. The lowest BCUT2D eigenvalue weighted by Crippen LogP contribution is -2.62. The molecule has 19 heavy (non-hydrogen) atoms. The number of hydrogen-bond acceptors (Lipinski definition) is 4. The van der Waals surface area contributed by atoms with E-state index in [2.05, 4.69) is 5.32 Å². The third-order valence-electron chi connectivity index (χ3n) is 4.31. The maximum absolute atomic E-state index is 11.6. The number of nitrogens with one attached hydrogen (secondary N) is 1. The van der Waals surface area contributed by atoms with E-state index >= 15 is 0 Å². The Hall–Kier alpha value is -0.883. The second kappa shape index (κ2) is 5.24. The van der Waals surface area contributed by atoms with E-state index in [1.165, 1.54) is 6.92 Å². The van der Waals surface area contributed by atoms with Gasteiger partial charge in [0.1, 0.15) is 0 Å². The van der Waals surface area contributed by atoms with E-state index in [1.807, 2.05) is 33.9 Å². The number of carbonyl (C=O) groups excluding carboxylic acids is 2. The van der Waals surface area contributed by atoms with Crippen LogP contribution >= 0.6 is 0 Å². The van der Waals surface area contributed by atoms with E-state index in [0.717, 1.165) is 6.42 Å². The number of esters is 1. The third-order valence-corrected chi connectivity index (χ3v) is 7.82. The van der Waals surface area contributed by atoms with Crippen molar-refractivity contribution in [3.05, 3.63) is 0 Å². The summed E-state index contributed by atoms with van der Waals surface area (Å²) < 4.78 is 5.07. The number of ether oxygens (including phenoxy) is 1. The fourth-order valence-electron chi connectivity index (χ4n) is 2.39. The van der Waals surface area contributed by atoms with Gasteiger partial charge in [-0.2, -0.15) is 0 Å². The minimum atomic E-state index is -2.30. The molecule has 0 bridgehead atoms. The van der Waals surface area contributed by atoms with E-state index in [-0.39, 0.29) is 22.8 Å². The molecular formula is C13H25NO4Si. The first-order valence-corrected chi connectivity index (χ1v) is 9.60. The monoisotopic (exact) mass is 287 g/mol. The van der Waals surface area contributed by atoms with Crippen molar-refractivity contribution in [2.24, 2.45) is 11.8 Å². The number of β-lactam (4-membered cyclic amide) rings is 1. The Morgan fingerprint density at radius 2 is 2.05 bits per heavy atom. The van der Waals surface area contributed by atoms with Gasteiger partial charge in [0.2, 0.25) is 5.91 Å². The highest BCUT2D eigenvalue weighted by atomic mass is 28.4. The van der Waals surface area contributed by atoms with Crippen LogP contribution in [0.1, 0.15) is 34.1 Å². The Bertz CT molecular complexity index is 375. The molecule has 0 saturated carbocycles. The summed E-state index contributed by atoms with van der Waals surface area (Å²) >= 11 is 0. The second-order valence-corrected chi connectivity index (χ2v) is 11.2. The van der Waals surface area contributed by atoms with Gasteiger partial charge in [-0.05, 0) is 30.5 Å². The summed E-state index contributed by atoms with van der Waals surface area (Å²) in [7, 11) is -2.30. The van der Waals surface area contributed by atoms with Crippen molar-refractivity contribution in [3.63, 3.8) is 0 Å². The van der Waals surface area contributed by atoms with E-state index in [9.17, 15) is 14.4 Å². The highest BCUT2D eigenvalue weighted by Crippen LogP contribution is 2.44. The maximum atomic E-state index is 11.6. The summed E-state index contributed by atoms with van der Waals surface area (Å²) in [4.78, 5) is 32.9. The van der Waals surface area contributed by atoms with Gasteiger partial charge in [-0.15, -0.1) is 0 Å². The molecule has 1 aliphatic rings. The zero-order valence-corrected chi connectivity index (χ0v) is 13.6. The van der Waals surface area contributed by atoms with Gasteiger partial charge in [0, 0.05) is 6.92 Å². The molecule has 110 valence electrons. The summed E-state index contributed by atoms with van der Waals surface area (Å²) in [6.45, 7) is 11.2. The topological polar surface area (TPSA) is 75.6 Å². The molecule has 3 atom stereocenters. The van der Waals surface area contributed by atoms with Gasteiger partial charge < -0.3 is 14.8 Å². The van der Waals surface area contributed by atoms with Gasteiger partial charge >= 0.3 is 5.97 Å². The summed E-state index contributed by atoms with van der Waals surface area (Å²) in [6.07, 6.45) is 0.220. The van der Waals surface area contributed by atoms with Gasteiger partial charge in [0.05, 0.1) is 5.92 Å². The van der Waals surface area contributed by atoms with E-state index in [0.29, 0.717) is 0 Å². The number of carbonyl (C=O) groups is 2. The van der Waals surface area contributed by atoms with Crippen LogP contribution in [0.5, 0.6) is 0 Å². The van der Waals surface area contributed by atoms with Crippen LogP contribution in [0.3, 0.4) is 0 Å². The molecule has 6 heteroatoms. The molecule has 1 amide bonds. The van der Waals surface area contributed by atoms with Crippen LogP contribution in [-0.2, 0) is 14.3 Å². The van der Waals surface area contributed by atoms with Crippen LogP contribution in [0.15, 0.2) is 0 Å². The van der Waals surface area contributed by atoms with E-state index < -0.39 is 20.5 Å². The molecule has 1 saturated heterocycles. The summed E-state index contributed by atoms with van der Waals surface area (Å²) in [5, 5.41) is 2.41. The van der Waals surface area contributed by atoms with Gasteiger partial charge in [-0.1, -0.05) is 20.8 Å². The van der Waals surface area contributed by atoms with Gasteiger partial charge in [-0.3, -0.25) is 9.59 Å². The van der Waals surface area contributed by atoms with Gasteiger partial charge in [0.25, 0.3) is 0 Å². The van der Waals surface area contributed by atoms with Crippen molar-refractivity contribution < 1.29 is 19.1 Å². The first-order chi connectivity index (χ1) is 8.45. The predicted molar refractivity (Wildman–Crippen MR) is 74.7 cm³/mol. The molecule has 1 rings (SSSR count). The lowest BCUT2D eigenvalue weighted by molar-refractivity contribution is -0.170. The Kier molecular flexibility index (Phi) is 4.46. The lowest BCUT2D eigenvalue weighted by Gasteiger charge is -2.43. The van der Waals surface area contributed by atoms with Crippen LogP contribution in [0, 0.1) is 11.8 Å². The quantitative estimate of drug-likeness (QED) is 0.458. The van der Waals surface area contributed by atoms with E-state index in [1.54, 1.807) is 0 Å². The van der Waals surface area contributed by atoms with Crippen LogP contribution in [0.4, 0.5) is 0 Å². The molecule has 0 aromatic carbocycles. The molecule has 0 aromatic heterocycles. The molecule has 5 nitrogen and oxygen atoms in total. The number of amides is 1. The predicted octanol–water partition coefficient (Wildman–Crippen LogP) is 1.63. The smallest absolute Gasteiger partial charge is 0.304 e. The maximum Gasteiger partial charge on any atom is 0.304 e. The zero-order chi connectivity index (χ0) is 15.0. The van der Waals surface area contributed by atoms with Crippen molar-refractivity contribution in [2.45, 2.75) is 58.5 Å². The largest absolute Gasteiger partial charge is 0.441 e. The average Bonchev–Trinajstić information content (AvgIpc) is 2.12. The van der Waals surface area contributed by atoms with Crippen LogP contribution < -0.4 is 5.32 Å². The van der Waals surface area contributed by atoms with Crippen LogP contribution in [-0.4, -0.2) is 31.2 Å². The Morgan fingerprint density at radius 3 is 2.42 bits per heavy atom. The fraction of sp³-hybridized carbons (Fsp3) is 0.846. The molecule has 0 aromatic rings. The SMILES string of the molecule is CC(=O)OC1NC(=O)C1[C@@H](C)CC(C)(C)[Si](C)(C)O. The molecule has 1 aliphatic heterocycles. The zero-order valence-electron chi connectivity index (χ0n) is 12.6. The Morgan fingerprint density at radius 1 is 1.53 bits per heavy atom. The second-order valence-electron chi connectivity index (χ2n) is 6.69. The highest BCUT2D eigenvalue weighted by Gasteiger charge is 2.48. The Labute approximate surface area is 115 Å². The van der Waals surface area contributed by atoms with Crippen LogP contribution in [0.25, 0.3) is 0 Å². The molecule has 0 aliphatic carbocycles. The van der Waals surface area contributed by atoms with E-state index in [4.69, 9.17) is 4.74 Å². The van der Waals surface area contributed by atoms with Gasteiger partial charge in [-0.25, -0.2) is 0 Å². The molecular weight excluding hydrogens is 262 g/mol.